The number of benzene rings is 4. The largest absolute Gasteiger partial charge is 0.507 e. The standard InChI is InChI=1S/C21H16O/c22-21-18-12-6-4-10-16(18)20(14-15-8-2-1-3-9-15)17-11-5-7-13-19(17)21/h1-13,22H,14H2. The average Bonchev–Trinajstić information content (AvgIpc) is 2.59. The Kier molecular flexibility index (Phi) is 3.05. The van der Waals surface area contributed by atoms with Crippen LogP contribution in [0.15, 0.2) is 78.9 Å². The molecule has 0 bridgehead atoms. The molecule has 0 amide bonds. The van der Waals surface area contributed by atoms with E-state index in [1.54, 1.807) is 0 Å². The molecule has 0 atom stereocenters. The van der Waals surface area contributed by atoms with Gasteiger partial charge in [-0.05, 0) is 28.3 Å². The molecule has 106 valence electrons. The van der Waals surface area contributed by atoms with Gasteiger partial charge in [0.05, 0.1) is 0 Å². The molecule has 4 aromatic rings. The number of fused-ring (bicyclic) bond motifs is 2. The molecule has 0 aromatic heterocycles. The monoisotopic (exact) mass is 284 g/mol. The Morgan fingerprint density at radius 2 is 1.00 bits per heavy atom. The van der Waals surface area contributed by atoms with Crippen LogP contribution >= 0.6 is 0 Å². The molecule has 0 unspecified atom stereocenters. The van der Waals surface area contributed by atoms with Gasteiger partial charge in [-0.3, -0.25) is 0 Å². The Hall–Kier alpha value is -2.80. The highest BCUT2D eigenvalue weighted by Crippen LogP contribution is 2.38. The van der Waals surface area contributed by atoms with E-state index >= 15 is 0 Å². The quantitative estimate of drug-likeness (QED) is 0.496. The first-order valence-electron chi connectivity index (χ1n) is 7.50. The normalized spacial score (nSPS) is 11.1. The lowest BCUT2D eigenvalue weighted by Crippen LogP contribution is -1.93. The average molecular weight is 284 g/mol. The highest BCUT2D eigenvalue weighted by Gasteiger charge is 2.12. The predicted octanol–water partition coefficient (Wildman–Crippen LogP) is 5.29. The van der Waals surface area contributed by atoms with Crippen LogP contribution in [-0.4, -0.2) is 5.11 Å². The highest BCUT2D eigenvalue weighted by atomic mass is 16.3. The maximum absolute atomic E-state index is 10.6. The van der Waals surface area contributed by atoms with Crippen molar-refractivity contribution >= 4 is 21.5 Å². The van der Waals surface area contributed by atoms with Crippen molar-refractivity contribution in [3.63, 3.8) is 0 Å². The Bertz CT molecular complexity index is 898. The van der Waals surface area contributed by atoms with Gasteiger partial charge >= 0.3 is 0 Å². The molecule has 1 nitrogen and oxygen atoms in total. The second kappa shape index (κ2) is 5.19. The molecule has 1 N–H and O–H groups in total. The fourth-order valence-electron chi connectivity index (χ4n) is 3.19. The summed E-state index contributed by atoms with van der Waals surface area (Å²) >= 11 is 0. The summed E-state index contributed by atoms with van der Waals surface area (Å²) in [4.78, 5) is 0. The maximum atomic E-state index is 10.6. The SMILES string of the molecule is Oc1c2ccccc2c(Cc2ccccc2)c2ccccc12. The summed E-state index contributed by atoms with van der Waals surface area (Å²) in [6, 6.07) is 26.7. The van der Waals surface area contributed by atoms with Gasteiger partial charge in [-0.15, -0.1) is 0 Å². The van der Waals surface area contributed by atoms with Crippen LogP contribution in [0.5, 0.6) is 5.75 Å². The molecule has 0 aliphatic heterocycles. The van der Waals surface area contributed by atoms with E-state index in [2.05, 4.69) is 36.4 Å². The van der Waals surface area contributed by atoms with Crippen molar-refractivity contribution in [1.82, 2.24) is 0 Å². The lowest BCUT2D eigenvalue weighted by molar-refractivity contribution is 0.487. The first-order valence-corrected chi connectivity index (χ1v) is 7.50. The summed E-state index contributed by atoms with van der Waals surface area (Å²) < 4.78 is 0. The number of hydrogen-bond acceptors (Lipinski definition) is 1. The van der Waals surface area contributed by atoms with Crippen LogP contribution < -0.4 is 0 Å². The summed E-state index contributed by atoms with van der Waals surface area (Å²) in [5, 5.41) is 14.7. The van der Waals surface area contributed by atoms with Gasteiger partial charge in [-0.25, -0.2) is 0 Å². The molecule has 0 spiro atoms. The third kappa shape index (κ3) is 2.03. The van der Waals surface area contributed by atoms with Gasteiger partial charge in [0, 0.05) is 10.8 Å². The van der Waals surface area contributed by atoms with Gasteiger partial charge in [-0.1, -0.05) is 78.9 Å². The molecule has 4 aromatic carbocycles. The topological polar surface area (TPSA) is 20.2 Å². The summed E-state index contributed by atoms with van der Waals surface area (Å²) in [5.74, 6) is 0.378. The lowest BCUT2D eigenvalue weighted by Gasteiger charge is -2.13. The van der Waals surface area contributed by atoms with Crippen molar-refractivity contribution in [3.8, 4) is 5.75 Å². The van der Waals surface area contributed by atoms with E-state index in [9.17, 15) is 5.11 Å². The van der Waals surface area contributed by atoms with E-state index in [0.717, 1.165) is 28.0 Å². The Morgan fingerprint density at radius 1 is 0.545 bits per heavy atom. The van der Waals surface area contributed by atoms with E-state index in [4.69, 9.17) is 0 Å². The summed E-state index contributed by atoms with van der Waals surface area (Å²) in [6.07, 6.45) is 0.863. The molecule has 22 heavy (non-hydrogen) atoms. The van der Waals surface area contributed by atoms with Crippen molar-refractivity contribution in [3.05, 3.63) is 90.0 Å². The van der Waals surface area contributed by atoms with Gasteiger partial charge in [0.25, 0.3) is 0 Å². The summed E-state index contributed by atoms with van der Waals surface area (Å²) in [6.45, 7) is 0. The zero-order valence-electron chi connectivity index (χ0n) is 12.2. The minimum absolute atomic E-state index is 0.378. The van der Waals surface area contributed by atoms with Gasteiger partial charge in [0.15, 0.2) is 0 Å². The lowest BCUT2D eigenvalue weighted by atomic mass is 9.92. The molecule has 0 heterocycles. The molecule has 0 aliphatic carbocycles. The number of aromatic hydroxyl groups is 1. The van der Waals surface area contributed by atoms with Crippen LogP contribution in [0, 0.1) is 0 Å². The molecule has 0 aliphatic rings. The Labute approximate surface area is 129 Å². The third-order valence-electron chi connectivity index (χ3n) is 4.24. The van der Waals surface area contributed by atoms with Crippen molar-refractivity contribution in [2.75, 3.05) is 0 Å². The smallest absolute Gasteiger partial charge is 0.131 e. The maximum Gasteiger partial charge on any atom is 0.131 e. The first-order chi connectivity index (χ1) is 10.8. The summed E-state index contributed by atoms with van der Waals surface area (Å²) in [5.41, 5.74) is 2.55. The molecular weight excluding hydrogens is 268 g/mol. The van der Waals surface area contributed by atoms with Crippen LogP contribution in [-0.2, 0) is 6.42 Å². The minimum Gasteiger partial charge on any atom is -0.507 e. The fourth-order valence-corrected chi connectivity index (χ4v) is 3.19. The molecule has 0 saturated heterocycles. The first kappa shape index (κ1) is 12.9. The molecule has 0 fully saturated rings. The number of phenols is 1. The van der Waals surface area contributed by atoms with Crippen LogP contribution in [0.25, 0.3) is 21.5 Å². The highest BCUT2D eigenvalue weighted by molar-refractivity contribution is 6.08. The second-order valence-electron chi connectivity index (χ2n) is 5.58. The van der Waals surface area contributed by atoms with Crippen LogP contribution in [0.1, 0.15) is 11.1 Å². The fraction of sp³-hybridized carbons (Fsp3) is 0.0476. The van der Waals surface area contributed by atoms with E-state index in [0.29, 0.717) is 5.75 Å². The van der Waals surface area contributed by atoms with Crippen LogP contribution in [0.4, 0.5) is 0 Å². The number of rotatable bonds is 2. The second-order valence-corrected chi connectivity index (χ2v) is 5.58. The van der Waals surface area contributed by atoms with E-state index < -0.39 is 0 Å². The van der Waals surface area contributed by atoms with Crippen molar-refractivity contribution in [2.24, 2.45) is 0 Å². The molecule has 1 heteroatoms. The zero-order chi connectivity index (χ0) is 14.9. The van der Waals surface area contributed by atoms with Crippen molar-refractivity contribution in [1.29, 1.82) is 0 Å². The number of hydrogen-bond donors (Lipinski definition) is 1. The molecule has 0 radical (unpaired) electrons. The summed E-state index contributed by atoms with van der Waals surface area (Å²) in [7, 11) is 0. The number of phenolic OH excluding ortho intramolecular Hbond substituents is 1. The Morgan fingerprint density at radius 3 is 1.55 bits per heavy atom. The molecule has 4 rings (SSSR count). The van der Waals surface area contributed by atoms with E-state index in [1.807, 2.05) is 42.5 Å². The Balaban J connectivity index is 2.07. The van der Waals surface area contributed by atoms with E-state index in [-0.39, 0.29) is 0 Å². The van der Waals surface area contributed by atoms with Crippen LogP contribution in [0.2, 0.25) is 0 Å². The molecular formula is C21H16O. The zero-order valence-corrected chi connectivity index (χ0v) is 12.2. The minimum atomic E-state index is 0.378. The van der Waals surface area contributed by atoms with Crippen molar-refractivity contribution < 1.29 is 5.11 Å². The van der Waals surface area contributed by atoms with Gasteiger partial charge < -0.3 is 5.11 Å². The third-order valence-corrected chi connectivity index (χ3v) is 4.24. The molecule has 0 saturated carbocycles. The van der Waals surface area contributed by atoms with Gasteiger partial charge in [-0.2, -0.15) is 0 Å². The van der Waals surface area contributed by atoms with Gasteiger partial charge in [0.2, 0.25) is 0 Å². The predicted molar refractivity (Wildman–Crippen MR) is 92.4 cm³/mol. The van der Waals surface area contributed by atoms with Crippen LogP contribution in [0.3, 0.4) is 0 Å². The van der Waals surface area contributed by atoms with E-state index in [1.165, 1.54) is 11.1 Å². The van der Waals surface area contributed by atoms with Gasteiger partial charge in [0.1, 0.15) is 5.75 Å². The van der Waals surface area contributed by atoms with Crippen molar-refractivity contribution in [2.45, 2.75) is 6.42 Å².